The fourth-order valence-electron chi connectivity index (χ4n) is 4.87. The summed E-state index contributed by atoms with van der Waals surface area (Å²) in [6, 6.07) is 12.9. The summed E-state index contributed by atoms with van der Waals surface area (Å²) in [6.07, 6.45) is 2.10. The van der Waals surface area contributed by atoms with Crippen LogP contribution in [-0.4, -0.2) is 69.2 Å². The largest absolute Gasteiger partial charge is 0.497 e. The molecule has 1 amide bonds. The first-order valence-corrected chi connectivity index (χ1v) is 14.8. The first-order valence-electron chi connectivity index (χ1n) is 13.4. The number of hydrogen-bond donors (Lipinski definition) is 1. The van der Waals surface area contributed by atoms with Gasteiger partial charge in [-0.15, -0.1) is 0 Å². The zero-order valence-electron chi connectivity index (χ0n) is 24.0. The summed E-state index contributed by atoms with van der Waals surface area (Å²) in [7, 11) is -0.545. The molecule has 1 N–H and O–H groups in total. The molecule has 40 heavy (non-hydrogen) atoms. The Morgan fingerprint density at radius 3 is 2.38 bits per heavy atom. The number of carbonyl (C=O) groups is 1. The number of amidine groups is 1. The third-order valence-electron chi connectivity index (χ3n) is 7.01. The molecule has 0 spiro atoms. The standard InChI is InChI=1S/C30H38N4O5S/c1-20(2)34(40(36,37)28-21(3)15-26(38-6)16-22(28)4)18-27-17-25(19-39-27)30(35)33(5)14-11-23-7-9-24(10-8-23)29-31-12-13-32-29/h7-10,15-17,19-20H,11-14,18H2,1-6H3,(H,31,32). The third kappa shape index (κ3) is 6.39. The highest BCUT2D eigenvalue weighted by molar-refractivity contribution is 7.89. The predicted octanol–water partition coefficient (Wildman–Crippen LogP) is 4.17. The van der Waals surface area contributed by atoms with Crippen molar-refractivity contribution in [2.75, 3.05) is 33.8 Å². The predicted molar refractivity (Wildman–Crippen MR) is 156 cm³/mol. The SMILES string of the molecule is COc1cc(C)c(S(=O)(=O)N(Cc2cc(C(=O)N(C)CCc3ccc(C4=NCCN4)cc3)co2)C(C)C)c(C)c1. The molecule has 0 atom stereocenters. The van der Waals surface area contributed by atoms with E-state index >= 15 is 0 Å². The summed E-state index contributed by atoms with van der Waals surface area (Å²) < 4.78 is 39.8. The van der Waals surface area contributed by atoms with Crippen LogP contribution in [0.4, 0.5) is 0 Å². The van der Waals surface area contributed by atoms with Gasteiger partial charge in [-0.1, -0.05) is 24.3 Å². The number of furan rings is 1. The quantitative estimate of drug-likeness (QED) is 0.374. The maximum Gasteiger partial charge on any atom is 0.256 e. The fourth-order valence-corrected chi connectivity index (χ4v) is 6.88. The van der Waals surface area contributed by atoms with Crippen LogP contribution in [-0.2, 0) is 23.0 Å². The second kappa shape index (κ2) is 12.3. The molecule has 214 valence electrons. The number of methoxy groups -OCH3 is 1. The van der Waals surface area contributed by atoms with E-state index in [0.29, 0.717) is 41.2 Å². The van der Waals surface area contributed by atoms with E-state index < -0.39 is 10.0 Å². The fraction of sp³-hybridized carbons (Fsp3) is 0.400. The number of amides is 1. The van der Waals surface area contributed by atoms with E-state index in [4.69, 9.17) is 9.15 Å². The highest BCUT2D eigenvalue weighted by Crippen LogP contribution is 2.30. The average Bonchev–Trinajstić information content (AvgIpc) is 3.62. The molecule has 9 nitrogen and oxygen atoms in total. The number of benzene rings is 2. The molecule has 3 aromatic rings. The summed E-state index contributed by atoms with van der Waals surface area (Å²) in [4.78, 5) is 19.4. The van der Waals surface area contributed by atoms with Gasteiger partial charge in [-0.25, -0.2) is 8.42 Å². The molecule has 0 bridgehead atoms. The minimum atomic E-state index is -3.85. The number of sulfonamides is 1. The first-order chi connectivity index (χ1) is 19.0. The van der Waals surface area contributed by atoms with Crippen molar-refractivity contribution in [2.24, 2.45) is 4.99 Å². The number of likely N-dealkylation sites (N-methyl/N-ethyl adjacent to an activating group) is 1. The Labute approximate surface area is 236 Å². The van der Waals surface area contributed by atoms with Crippen molar-refractivity contribution in [3.05, 3.63) is 82.3 Å². The number of nitrogens with one attached hydrogen (secondary N) is 1. The Hall–Kier alpha value is -3.63. The molecule has 1 aliphatic rings. The van der Waals surface area contributed by atoms with Gasteiger partial charge in [0.05, 0.1) is 30.7 Å². The van der Waals surface area contributed by atoms with Crippen LogP contribution in [0.25, 0.3) is 0 Å². The van der Waals surface area contributed by atoms with Crippen molar-refractivity contribution < 1.29 is 22.4 Å². The lowest BCUT2D eigenvalue weighted by molar-refractivity contribution is 0.0796. The van der Waals surface area contributed by atoms with Crippen LogP contribution in [0.15, 0.2) is 63.0 Å². The molecule has 10 heteroatoms. The lowest BCUT2D eigenvalue weighted by Crippen LogP contribution is -2.37. The van der Waals surface area contributed by atoms with Crippen molar-refractivity contribution in [2.45, 2.75) is 51.6 Å². The van der Waals surface area contributed by atoms with Crippen LogP contribution in [0, 0.1) is 13.8 Å². The number of nitrogens with zero attached hydrogens (tertiary/aromatic N) is 3. The Bertz CT molecular complexity index is 1470. The Kier molecular flexibility index (Phi) is 9.00. The highest BCUT2D eigenvalue weighted by Gasteiger charge is 2.31. The second-order valence-corrected chi connectivity index (χ2v) is 12.2. The maximum absolute atomic E-state index is 13.7. The molecule has 4 rings (SSSR count). The van der Waals surface area contributed by atoms with E-state index in [2.05, 4.69) is 22.4 Å². The summed E-state index contributed by atoms with van der Waals surface area (Å²) in [5.41, 5.74) is 3.79. The van der Waals surface area contributed by atoms with Gasteiger partial charge in [0, 0.05) is 31.7 Å². The van der Waals surface area contributed by atoms with E-state index in [1.54, 1.807) is 51.1 Å². The molecule has 2 heterocycles. The summed E-state index contributed by atoms with van der Waals surface area (Å²) in [6.45, 7) is 9.36. The van der Waals surface area contributed by atoms with Crippen molar-refractivity contribution >= 4 is 21.8 Å². The van der Waals surface area contributed by atoms with Gasteiger partial charge in [0.2, 0.25) is 10.0 Å². The van der Waals surface area contributed by atoms with E-state index in [9.17, 15) is 13.2 Å². The Morgan fingerprint density at radius 2 is 1.80 bits per heavy atom. The van der Waals surface area contributed by atoms with Crippen LogP contribution in [0.3, 0.4) is 0 Å². The molecule has 0 aliphatic carbocycles. The minimum Gasteiger partial charge on any atom is -0.497 e. The van der Waals surface area contributed by atoms with Gasteiger partial charge in [-0.3, -0.25) is 9.79 Å². The van der Waals surface area contributed by atoms with Crippen LogP contribution in [0.2, 0.25) is 0 Å². The topological polar surface area (TPSA) is 104 Å². The minimum absolute atomic E-state index is 0.00833. The zero-order valence-corrected chi connectivity index (χ0v) is 24.8. The summed E-state index contributed by atoms with van der Waals surface area (Å²) in [5, 5.41) is 3.27. The molecule has 0 fully saturated rings. The van der Waals surface area contributed by atoms with E-state index in [1.807, 2.05) is 26.0 Å². The van der Waals surface area contributed by atoms with Crippen LogP contribution in [0.1, 0.15) is 52.2 Å². The van der Waals surface area contributed by atoms with Gasteiger partial charge in [0.1, 0.15) is 23.6 Å². The van der Waals surface area contributed by atoms with Crippen molar-refractivity contribution in [1.29, 1.82) is 0 Å². The molecular formula is C30H38N4O5S. The zero-order chi connectivity index (χ0) is 29.0. The summed E-state index contributed by atoms with van der Waals surface area (Å²) in [5.74, 6) is 1.75. The molecule has 2 aromatic carbocycles. The number of aliphatic imine (C=N–C) groups is 1. The molecule has 0 unspecified atom stereocenters. The Balaban J connectivity index is 1.42. The van der Waals surface area contributed by atoms with Gasteiger partial charge in [-0.05, 0) is 69.0 Å². The third-order valence-corrected chi connectivity index (χ3v) is 9.34. The molecule has 0 saturated carbocycles. The normalized spacial score (nSPS) is 13.4. The Morgan fingerprint density at radius 1 is 1.12 bits per heavy atom. The second-order valence-electron chi connectivity index (χ2n) is 10.4. The van der Waals surface area contributed by atoms with Crippen LogP contribution < -0.4 is 10.1 Å². The van der Waals surface area contributed by atoms with E-state index in [-0.39, 0.29) is 23.4 Å². The number of aryl methyl sites for hydroxylation is 2. The van der Waals surface area contributed by atoms with Crippen LogP contribution in [0.5, 0.6) is 5.75 Å². The summed E-state index contributed by atoms with van der Waals surface area (Å²) >= 11 is 0. The number of carbonyl (C=O) groups excluding carboxylic acids is 1. The average molecular weight is 567 g/mol. The van der Waals surface area contributed by atoms with Crippen molar-refractivity contribution in [1.82, 2.24) is 14.5 Å². The van der Waals surface area contributed by atoms with Crippen molar-refractivity contribution in [3.63, 3.8) is 0 Å². The van der Waals surface area contributed by atoms with E-state index in [1.165, 1.54) is 10.6 Å². The van der Waals surface area contributed by atoms with Gasteiger partial charge < -0.3 is 19.4 Å². The molecule has 0 radical (unpaired) electrons. The van der Waals surface area contributed by atoms with Gasteiger partial charge in [-0.2, -0.15) is 4.31 Å². The molecule has 1 aromatic heterocycles. The monoisotopic (exact) mass is 566 g/mol. The lowest BCUT2D eigenvalue weighted by atomic mass is 10.1. The van der Waals surface area contributed by atoms with Gasteiger partial charge >= 0.3 is 0 Å². The number of rotatable bonds is 11. The van der Waals surface area contributed by atoms with E-state index in [0.717, 1.165) is 30.1 Å². The number of ether oxygens (including phenoxy) is 1. The smallest absolute Gasteiger partial charge is 0.256 e. The lowest BCUT2D eigenvalue weighted by Gasteiger charge is -2.27. The first kappa shape index (κ1) is 29.4. The molecule has 0 saturated heterocycles. The van der Waals surface area contributed by atoms with Crippen LogP contribution >= 0.6 is 0 Å². The molecular weight excluding hydrogens is 528 g/mol. The van der Waals surface area contributed by atoms with Crippen molar-refractivity contribution in [3.8, 4) is 5.75 Å². The van der Waals surface area contributed by atoms with Gasteiger partial charge in [0.15, 0.2) is 0 Å². The highest BCUT2D eigenvalue weighted by atomic mass is 32.2. The molecule has 1 aliphatic heterocycles. The maximum atomic E-state index is 13.7. The van der Waals surface area contributed by atoms with Gasteiger partial charge in [0.25, 0.3) is 5.91 Å². The number of hydrogen-bond acceptors (Lipinski definition) is 7.